The number of methoxy groups -OCH3 is 1. The molecule has 0 aromatic heterocycles. The molecule has 0 bridgehead atoms. The third-order valence-electron chi connectivity index (χ3n) is 4.25. The van der Waals surface area contributed by atoms with Gasteiger partial charge < -0.3 is 14.4 Å². The first-order valence-corrected chi connectivity index (χ1v) is 9.75. The van der Waals surface area contributed by atoms with Crippen molar-refractivity contribution >= 4 is 10.0 Å². The Morgan fingerprint density at radius 2 is 1.81 bits per heavy atom. The molecule has 1 aromatic carbocycles. The molecule has 1 aromatic rings. The van der Waals surface area contributed by atoms with E-state index in [1.165, 1.54) is 0 Å². The molecular weight excluding hydrogens is 373 g/mol. The molecule has 0 saturated carbocycles. The first-order chi connectivity index (χ1) is 12.2. The predicted octanol–water partition coefficient (Wildman–Crippen LogP) is 2.22. The molecule has 1 aliphatic rings. The number of benzene rings is 1. The first-order valence-electron chi connectivity index (χ1n) is 8.26. The van der Waals surface area contributed by atoms with E-state index in [4.69, 9.17) is 4.74 Å². The lowest BCUT2D eigenvalue weighted by Crippen LogP contribution is -2.39. The molecule has 6 nitrogen and oxygen atoms in total. The summed E-state index contributed by atoms with van der Waals surface area (Å²) < 4.78 is 72.3. The maximum absolute atomic E-state index is 12.3. The highest BCUT2D eigenvalue weighted by atomic mass is 32.2. The van der Waals surface area contributed by atoms with Crippen LogP contribution >= 0.6 is 0 Å². The fraction of sp³-hybridized carbons (Fsp3) is 0.625. The van der Waals surface area contributed by atoms with Crippen LogP contribution in [0.3, 0.4) is 0 Å². The normalized spacial score (nSPS) is 17.4. The molecule has 26 heavy (non-hydrogen) atoms. The second-order valence-corrected chi connectivity index (χ2v) is 7.92. The topological polar surface area (TPSA) is 67.9 Å². The molecular formula is C16H23F3N2O4S. The summed E-state index contributed by atoms with van der Waals surface area (Å²) in [6, 6.07) is 4.15. The van der Waals surface area contributed by atoms with Crippen molar-refractivity contribution in [2.75, 3.05) is 39.9 Å². The van der Waals surface area contributed by atoms with Crippen molar-refractivity contribution in [3.05, 3.63) is 24.3 Å². The van der Waals surface area contributed by atoms with Gasteiger partial charge in [0.1, 0.15) is 5.75 Å². The quantitative estimate of drug-likeness (QED) is 0.730. The van der Waals surface area contributed by atoms with Crippen LogP contribution in [-0.4, -0.2) is 59.6 Å². The van der Waals surface area contributed by atoms with Gasteiger partial charge in [-0.2, -0.15) is 0 Å². The van der Waals surface area contributed by atoms with Crippen LogP contribution in [0.25, 0.3) is 0 Å². The largest absolute Gasteiger partial charge is 0.573 e. The van der Waals surface area contributed by atoms with Crippen LogP contribution in [0.4, 0.5) is 13.2 Å². The number of likely N-dealkylation sites (tertiary alicyclic amines) is 1. The Balaban J connectivity index is 1.83. The highest BCUT2D eigenvalue weighted by molar-refractivity contribution is 7.89. The third-order valence-corrected chi connectivity index (χ3v) is 5.69. The van der Waals surface area contributed by atoms with Gasteiger partial charge in [0.2, 0.25) is 10.0 Å². The number of nitrogens with one attached hydrogen (secondary N) is 1. The molecule has 1 N–H and O–H groups in total. The van der Waals surface area contributed by atoms with Crippen LogP contribution in [-0.2, 0) is 14.8 Å². The fourth-order valence-electron chi connectivity index (χ4n) is 2.77. The van der Waals surface area contributed by atoms with Crippen LogP contribution in [0, 0.1) is 5.92 Å². The Morgan fingerprint density at radius 1 is 1.19 bits per heavy atom. The summed E-state index contributed by atoms with van der Waals surface area (Å²) in [7, 11) is -2.11. The SMILES string of the molecule is COCCN1CCC(CNS(=O)(=O)c2ccc(OC(F)(F)F)cc2)CC1. The molecule has 10 heteroatoms. The highest BCUT2D eigenvalue weighted by Crippen LogP contribution is 2.24. The number of hydrogen-bond acceptors (Lipinski definition) is 5. The summed E-state index contributed by atoms with van der Waals surface area (Å²) in [6.07, 6.45) is -3.05. The zero-order valence-corrected chi connectivity index (χ0v) is 15.3. The van der Waals surface area contributed by atoms with E-state index in [1.807, 2.05) is 0 Å². The minimum atomic E-state index is -4.81. The Kier molecular flexibility index (Phi) is 7.27. The number of nitrogens with zero attached hydrogens (tertiary/aromatic N) is 1. The van der Waals surface area contributed by atoms with E-state index < -0.39 is 22.1 Å². The second kappa shape index (κ2) is 9.03. The predicted molar refractivity (Wildman–Crippen MR) is 89.4 cm³/mol. The molecule has 0 radical (unpaired) electrons. The molecule has 2 rings (SSSR count). The van der Waals surface area contributed by atoms with Crippen molar-refractivity contribution in [1.29, 1.82) is 0 Å². The average molecular weight is 396 g/mol. The van der Waals surface area contributed by atoms with Crippen molar-refractivity contribution < 1.29 is 31.1 Å². The standard InChI is InChI=1S/C16H23F3N2O4S/c1-24-11-10-21-8-6-13(7-9-21)12-20-26(22,23)15-4-2-14(3-5-15)25-16(17,18)19/h2-5,13,20H,6-12H2,1H3. The van der Waals surface area contributed by atoms with Gasteiger partial charge >= 0.3 is 6.36 Å². The molecule has 1 heterocycles. The lowest BCUT2D eigenvalue weighted by atomic mass is 9.97. The maximum Gasteiger partial charge on any atom is 0.573 e. The van der Waals surface area contributed by atoms with Crippen LogP contribution < -0.4 is 9.46 Å². The summed E-state index contributed by atoms with van der Waals surface area (Å²) in [5, 5.41) is 0. The molecule has 0 aliphatic carbocycles. The van der Waals surface area contributed by atoms with Crippen LogP contribution in [0.5, 0.6) is 5.75 Å². The second-order valence-electron chi connectivity index (χ2n) is 6.15. The number of ether oxygens (including phenoxy) is 2. The van der Waals surface area contributed by atoms with Crippen LogP contribution in [0.1, 0.15) is 12.8 Å². The smallest absolute Gasteiger partial charge is 0.406 e. The zero-order valence-electron chi connectivity index (χ0n) is 14.5. The summed E-state index contributed by atoms with van der Waals surface area (Å²) >= 11 is 0. The van der Waals surface area contributed by atoms with E-state index in [1.54, 1.807) is 7.11 Å². The first kappa shape index (κ1) is 20.9. The Hall–Kier alpha value is -1.36. The lowest BCUT2D eigenvalue weighted by Gasteiger charge is -2.31. The minimum Gasteiger partial charge on any atom is -0.406 e. The van der Waals surface area contributed by atoms with E-state index in [0.29, 0.717) is 13.2 Å². The van der Waals surface area contributed by atoms with E-state index in [2.05, 4.69) is 14.4 Å². The summed E-state index contributed by atoms with van der Waals surface area (Å²) in [6.45, 7) is 3.62. The Labute approximate surface area is 151 Å². The van der Waals surface area contributed by atoms with E-state index >= 15 is 0 Å². The van der Waals surface area contributed by atoms with Crippen molar-refractivity contribution in [3.63, 3.8) is 0 Å². The maximum atomic E-state index is 12.3. The highest BCUT2D eigenvalue weighted by Gasteiger charge is 2.31. The van der Waals surface area contributed by atoms with Gasteiger partial charge in [-0.05, 0) is 56.1 Å². The molecule has 1 fully saturated rings. The molecule has 0 unspecified atom stereocenters. The zero-order chi connectivity index (χ0) is 19.2. The third kappa shape index (κ3) is 6.75. The molecule has 0 atom stereocenters. The summed E-state index contributed by atoms with van der Waals surface area (Å²) in [5.74, 6) is -0.226. The van der Waals surface area contributed by atoms with Crippen LogP contribution in [0.2, 0.25) is 0 Å². The Bertz CT molecular complexity index is 657. The number of halogens is 3. The van der Waals surface area contributed by atoms with Gasteiger partial charge in [-0.25, -0.2) is 13.1 Å². The molecule has 0 amide bonds. The summed E-state index contributed by atoms with van der Waals surface area (Å²) in [4.78, 5) is 2.18. The van der Waals surface area contributed by atoms with Crippen molar-refractivity contribution in [2.24, 2.45) is 5.92 Å². The van der Waals surface area contributed by atoms with Crippen LogP contribution in [0.15, 0.2) is 29.2 Å². The van der Waals surface area contributed by atoms with E-state index in [-0.39, 0.29) is 10.8 Å². The van der Waals surface area contributed by atoms with Gasteiger partial charge in [-0.15, -0.1) is 13.2 Å². The van der Waals surface area contributed by atoms with Gasteiger partial charge in [-0.3, -0.25) is 0 Å². The molecule has 1 aliphatic heterocycles. The monoisotopic (exact) mass is 396 g/mol. The molecule has 148 valence electrons. The summed E-state index contributed by atoms with van der Waals surface area (Å²) in [5.41, 5.74) is 0. The lowest BCUT2D eigenvalue weighted by molar-refractivity contribution is -0.274. The number of hydrogen-bond donors (Lipinski definition) is 1. The van der Waals surface area contributed by atoms with E-state index in [0.717, 1.165) is 56.7 Å². The number of alkyl halides is 3. The van der Waals surface area contributed by atoms with Gasteiger partial charge in [0.15, 0.2) is 0 Å². The average Bonchev–Trinajstić information content (AvgIpc) is 2.58. The fourth-order valence-corrected chi connectivity index (χ4v) is 3.88. The van der Waals surface area contributed by atoms with E-state index in [9.17, 15) is 21.6 Å². The molecule has 0 spiro atoms. The minimum absolute atomic E-state index is 0.0930. The van der Waals surface area contributed by atoms with Crippen molar-refractivity contribution in [2.45, 2.75) is 24.1 Å². The number of sulfonamides is 1. The van der Waals surface area contributed by atoms with Gasteiger partial charge in [0.05, 0.1) is 11.5 Å². The Morgan fingerprint density at radius 3 is 2.35 bits per heavy atom. The van der Waals surface area contributed by atoms with Gasteiger partial charge in [0, 0.05) is 20.2 Å². The van der Waals surface area contributed by atoms with Crippen molar-refractivity contribution in [1.82, 2.24) is 9.62 Å². The number of piperidine rings is 1. The van der Waals surface area contributed by atoms with Crippen molar-refractivity contribution in [3.8, 4) is 5.75 Å². The van der Waals surface area contributed by atoms with Gasteiger partial charge in [0.25, 0.3) is 0 Å². The van der Waals surface area contributed by atoms with Gasteiger partial charge in [-0.1, -0.05) is 0 Å². The number of rotatable bonds is 8. The molecule has 1 saturated heterocycles.